The van der Waals surface area contributed by atoms with Gasteiger partial charge in [-0.25, -0.2) is 0 Å². The molecule has 2 atom stereocenters. The number of β-lactam (4-membered cyclic amide) rings is 1. The van der Waals surface area contributed by atoms with Crippen molar-refractivity contribution >= 4 is 26.2 Å². The van der Waals surface area contributed by atoms with Crippen LogP contribution in [0.2, 0.25) is 18.1 Å². The third-order valence-electron chi connectivity index (χ3n) is 4.95. The molecular formula is C17H31NO6Si. The first-order chi connectivity index (χ1) is 11.5. The van der Waals surface area contributed by atoms with Crippen LogP contribution in [0.4, 0.5) is 0 Å². The van der Waals surface area contributed by atoms with Crippen molar-refractivity contribution < 1.29 is 28.3 Å². The lowest BCUT2D eigenvalue weighted by atomic mass is 9.81. The minimum Gasteiger partial charge on any atom is -0.465 e. The fraction of sp³-hybridized carbons (Fsp3) is 0.824. The lowest BCUT2D eigenvalue weighted by molar-refractivity contribution is -0.167. The Morgan fingerprint density at radius 1 is 1.12 bits per heavy atom. The zero-order chi connectivity index (χ0) is 19.4. The molecule has 1 amide bonds. The number of rotatable bonds is 8. The van der Waals surface area contributed by atoms with Crippen molar-refractivity contribution in [1.29, 1.82) is 0 Å². The highest BCUT2D eigenvalue weighted by atomic mass is 28.4. The van der Waals surface area contributed by atoms with Crippen molar-refractivity contribution in [2.45, 2.75) is 58.8 Å². The largest absolute Gasteiger partial charge is 0.465 e. The van der Waals surface area contributed by atoms with Crippen molar-refractivity contribution in [2.75, 3.05) is 19.8 Å². The van der Waals surface area contributed by atoms with Gasteiger partial charge in [-0.2, -0.15) is 0 Å². The summed E-state index contributed by atoms with van der Waals surface area (Å²) in [6, 6.07) is -0.657. The van der Waals surface area contributed by atoms with Gasteiger partial charge in [0.15, 0.2) is 14.2 Å². The molecule has 1 saturated heterocycles. The van der Waals surface area contributed by atoms with Gasteiger partial charge < -0.3 is 19.2 Å². The Kier molecular flexibility index (Phi) is 7.19. The van der Waals surface area contributed by atoms with E-state index in [1.807, 2.05) is 0 Å². The predicted molar refractivity (Wildman–Crippen MR) is 95.3 cm³/mol. The van der Waals surface area contributed by atoms with Crippen LogP contribution in [0, 0.1) is 11.8 Å². The van der Waals surface area contributed by atoms with E-state index < -0.39 is 38.1 Å². The van der Waals surface area contributed by atoms with E-state index in [1.165, 1.54) is 0 Å². The van der Waals surface area contributed by atoms with Crippen molar-refractivity contribution in [3.05, 3.63) is 0 Å². The zero-order valence-electron chi connectivity index (χ0n) is 16.3. The SMILES string of the molecule is CCOC(=O)C(C(=O)OCC)C1NC(=O)C1CO[Si](C)(C)C(C)(C)C. The van der Waals surface area contributed by atoms with Crippen LogP contribution in [0.3, 0.4) is 0 Å². The Bertz CT molecular complexity index is 496. The van der Waals surface area contributed by atoms with E-state index in [0.29, 0.717) is 0 Å². The number of carbonyl (C=O) groups is 3. The fourth-order valence-corrected chi connectivity index (χ4v) is 3.33. The van der Waals surface area contributed by atoms with E-state index in [4.69, 9.17) is 13.9 Å². The second-order valence-electron chi connectivity index (χ2n) is 7.69. The Hall–Kier alpha value is -1.41. The predicted octanol–water partition coefficient (Wildman–Crippen LogP) is 1.87. The third-order valence-corrected chi connectivity index (χ3v) is 9.45. The molecule has 1 N–H and O–H groups in total. The molecule has 144 valence electrons. The number of hydrogen-bond acceptors (Lipinski definition) is 6. The molecule has 0 bridgehead atoms. The summed E-state index contributed by atoms with van der Waals surface area (Å²) in [4.78, 5) is 36.4. The molecule has 0 saturated carbocycles. The van der Waals surface area contributed by atoms with Gasteiger partial charge in [-0.15, -0.1) is 0 Å². The van der Waals surface area contributed by atoms with Gasteiger partial charge in [0.1, 0.15) is 0 Å². The molecule has 0 radical (unpaired) electrons. The van der Waals surface area contributed by atoms with Gasteiger partial charge in [-0.1, -0.05) is 20.8 Å². The van der Waals surface area contributed by atoms with Crippen LogP contribution in [-0.2, 0) is 28.3 Å². The number of amides is 1. The molecule has 2 unspecified atom stereocenters. The molecule has 25 heavy (non-hydrogen) atoms. The Morgan fingerprint density at radius 2 is 1.60 bits per heavy atom. The molecule has 1 aliphatic heterocycles. The quantitative estimate of drug-likeness (QED) is 0.302. The number of carbonyl (C=O) groups excluding carboxylic acids is 3. The van der Waals surface area contributed by atoms with E-state index in [9.17, 15) is 14.4 Å². The van der Waals surface area contributed by atoms with E-state index in [1.54, 1.807) is 13.8 Å². The average Bonchev–Trinajstić information content (AvgIpc) is 2.46. The monoisotopic (exact) mass is 373 g/mol. The maximum atomic E-state index is 12.2. The number of nitrogens with one attached hydrogen (secondary N) is 1. The van der Waals surface area contributed by atoms with E-state index in [2.05, 4.69) is 39.2 Å². The lowest BCUT2D eigenvalue weighted by Crippen LogP contribution is -2.66. The minimum atomic E-state index is -2.04. The van der Waals surface area contributed by atoms with Gasteiger partial charge in [-0.05, 0) is 32.0 Å². The number of esters is 2. The molecule has 8 heteroatoms. The summed E-state index contributed by atoms with van der Waals surface area (Å²) >= 11 is 0. The van der Waals surface area contributed by atoms with Crippen LogP contribution < -0.4 is 5.32 Å². The van der Waals surface area contributed by atoms with Crippen LogP contribution >= 0.6 is 0 Å². The lowest BCUT2D eigenvalue weighted by Gasteiger charge is -2.43. The summed E-state index contributed by atoms with van der Waals surface area (Å²) in [5.41, 5.74) is 0. The summed E-state index contributed by atoms with van der Waals surface area (Å²) in [7, 11) is -2.04. The highest BCUT2D eigenvalue weighted by molar-refractivity contribution is 6.74. The summed E-state index contributed by atoms with van der Waals surface area (Å²) in [5.74, 6) is -3.30. The van der Waals surface area contributed by atoms with Crippen molar-refractivity contribution in [3.8, 4) is 0 Å². The molecule has 7 nitrogen and oxygen atoms in total. The first kappa shape index (κ1) is 21.6. The summed E-state index contributed by atoms with van der Waals surface area (Å²) < 4.78 is 16.1. The molecule has 0 spiro atoms. The van der Waals surface area contributed by atoms with Gasteiger partial charge in [0.2, 0.25) is 5.91 Å². The first-order valence-corrected chi connectivity index (χ1v) is 11.6. The molecule has 1 rings (SSSR count). The van der Waals surface area contributed by atoms with Gasteiger partial charge >= 0.3 is 11.9 Å². The molecule has 0 aromatic carbocycles. The second-order valence-corrected chi connectivity index (χ2v) is 12.5. The first-order valence-electron chi connectivity index (χ1n) is 8.73. The summed E-state index contributed by atoms with van der Waals surface area (Å²) in [6.07, 6.45) is 0. The Labute approximate surface area is 150 Å². The van der Waals surface area contributed by atoms with Gasteiger partial charge in [-0.3, -0.25) is 14.4 Å². The second kappa shape index (κ2) is 8.31. The van der Waals surface area contributed by atoms with Crippen LogP contribution in [0.25, 0.3) is 0 Å². The van der Waals surface area contributed by atoms with E-state index in [0.717, 1.165) is 0 Å². The molecule has 0 aromatic rings. The van der Waals surface area contributed by atoms with Crippen LogP contribution in [0.1, 0.15) is 34.6 Å². The smallest absolute Gasteiger partial charge is 0.322 e. The molecule has 1 fully saturated rings. The van der Waals surface area contributed by atoms with Crippen LogP contribution in [0.15, 0.2) is 0 Å². The van der Waals surface area contributed by atoms with Gasteiger partial charge in [0, 0.05) is 6.61 Å². The van der Waals surface area contributed by atoms with Crippen molar-refractivity contribution in [2.24, 2.45) is 11.8 Å². The van der Waals surface area contributed by atoms with Gasteiger partial charge in [0.25, 0.3) is 0 Å². The van der Waals surface area contributed by atoms with E-state index in [-0.39, 0.29) is 30.8 Å². The van der Waals surface area contributed by atoms with Crippen molar-refractivity contribution in [1.82, 2.24) is 5.32 Å². The average molecular weight is 374 g/mol. The Morgan fingerprint density at radius 3 is 1.96 bits per heavy atom. The maximum Gasteiger partial charge on any atom is 0.322 e. The number of hydrogen-bond donors (Lipinski definition) is 1. The van der Waals surface area contributed by atoms with E-state index >= 15 is 0 Å². The highest BCUT2D eigenvalue weighted by Gasteiger charge is 2.52. The highest BCUT2D eigenvalue weighted by Crippen LogP contribution is 2.37. The van der Waals surface area contributed by atoms with Crippen molar-refractivity contribution in [3.63, 3.8) is 0 Å². The fourth-order valence-electron chi connectivity index (χ4n) is 2.30. The van der Waals surface area contributed by atoms with Crippen LogP contribution in [-0.4, -0.2) is 52.0 Å². The Balaban J connectivity index is 2.88. The molecular weight excluding hydrogens is 342 g/mol. The van der Waals surface area contributed by atoms with Gasteiger partial charge in [0.05, 0.1) is 25.2 Å². The maximum absolute atomic E-state index is 12.2. The summed E-state index contributed by atoms with van der Waals surface area (Å²) in [6.45, 7) is 14.3. The zero-order valence-corrected chi connectivity index (χ0v) is 17.3. The minimum absolute atomic E-state index is 0.00437. The molecule has 1 heterocycles. The van der Waals surface area contributed by atoms with Crippen LogP contribution in [0.5, 0.6) is 0 Å². The molecule has 1 aliphatic rings. The summed E-state index contributed by atoms with van der Waals surface area (Å²) in [5, 5.41) is 2.65. The number of ether oxygens (including phenoxy) is 2. The molecule has 0 aliphatic carbocycles. The standard InChI is InChI=1S/C17H31NO6Si/c1-8-22-15(20)12(16(21)23-9-2)13-11(14(19)18-13)10-24-25(6,7)17(3,4)5/h11-13H,8-10H2,1-7H3,(H,18,19). The molecule has 0 aromatic heterocycles. The topological polar surface area (TPSA) is 90.9 Å². The third kappa shape index (κ3) is 5.04. The normalized spacial score (nSPS) is 20.7.